The fourth-order valence-corrected chi connectivity index (χ4v) is 2.94. The predicted octanol–water partition coefficient (Wildman–Crippen LogP) is 4.38. The zero-order valence-corrected chi connectivity index (χ0v) is 15.7. The number of nitrogens with zero attached hydrogens (tertiary/aromatic N) is 4. The molecule has 146 valence electrons. The Balaban J connectivity index is 2.18. The molecule has 2 heterocycles. The van der Waals surface area contributed by atoms with Crippen LogP contribution >= 0.6 is 11.6 Å². The molecule has 0 bridgehead atoms. The van der Waals surface area contributed by atoms with Crippen LogP contribution in [0.4, 0.5) is 26.1 Å². The van der Waals surface area contributed by atoms with Gasteiger partial charge in [0.25, 0.3) is 0 Å². The Morgan fingerprint density at radius 1 is 1.25 bits per heavy atom. The van der Waals surface area contributed by atoms with Crippen LogP contribution in [0.15, 0.2) is 24.4 Å². The molecule has 0 fully saturated rings. The Morgan fingerprint density at radius 2 is 1.89 bits per heavy atom. The molecule has 0 amide bonds. The first-order valence-corrected chi connectivity index (χ1v) is 8.24. The Labute approximate surface area is 162 Å². The summed E-state index contributed by atoms with van der Waals surface area (Å²) in [6, 6.07) is 3.20. The van der Waals surface area contributed by atoms with E-state index in [9.17, 15) is 18.9 Å². The number of hydrogen-bond donors (Lipinski definition) is 1. The summed E-state index contributed by atoms with van der Waals surface area (Å²) >= 11 is 5.77. The van der Waals surface area contributed by atoms with Gasteiger partial charge in [0, 0.05) is 31.4 Å². The van der Waals surface area contributed by atoms with Crippen LogP contribution in [0.2, 0.25) is 5.02 Å². The summed E-state index contributed by atoms with van der Waals surface area (Å²) in [7, 11) is 2.82. The molecule has 0 aliphatic carbocycles. The highest BCUT2D eigenvalue weighted by atomic mass is 35.5. The number of benzene rings is 1. The van der Waals surface area contributed by atoms with Crippen molar-refractivity contribution in [1.29, 1.82) is 0 Å². The molecule has 8 nitrogen and oxygen atoms in total. The van der Waals surface area contributed by atoms with Crippen LogP contribution in [-0.4, -0.2) is 26.8 Å². The third-order valence-electron chi connectivity index (χ3n) is 3.99. The fraction of sp³-hybridized carbons (Fsp3) is 0.176. The first-order valence-electron chi connectivity index (χ1n) is 7.87. The lowest BCUT2D eigenvalue weighted by atomic mass is 10.0. The van der Waals surface area contributed by atoms with Crippen LogP contribution in [0.5, 0.6) is 5.75 Å². The van der Waals surface area contributed by atoms with Gasteiger partial charge in [0.2, 0.25) is 5.82 Å². The van der Waals surface area contributed by atoms with Crippen molar-refractivity contribution < 1.29 is 18.4 Å². The first kappa shape index (κ1) is 19.5. The maximum Gasteiger partial charge on any atom is 0.313 e. The van der Waals surface area contributed by atoms with Crippen molar-refractivity contribution in [2.24, 2.45) is 7.05 Å². The molecule has 3 rings (SSSR count). The molecule has 3 aromatic rings. The third kappa shape index (κ3) is 3.46. The van der Waals surface area contributed by atoms with E-state index in [2.05, 4.69) is 15.4 Å². The van der Waals surface area contributed by atoms with E-state index in [4.69, 9.17) is 16.3 Å². The summed E-state index contributed by atoms with van der Waals surface area (Å²) in [5, 5.41) is 18.3. The lowest BCUT2D eigenvalue weighted by molar-refractivity contribution is -0.384. The van der Waals surface area contributed by atoms with Crippen LogP contribution in [0.3, 0.4) is 0 Å². The van der Waals surface area contributed by atoms with Gasteiger partial charge in [-0.25, -0.2) is 13.8 Å². The SMILES string of the molecule is COc1cc(F)c(-c2c(C)nn(C)c2Nc2ncc(Cl)cc2[N+](=O)[O-])c(F)c1. The van der Waals surface area contributed by atoms with Crippen LogP contribution < -0.4 is 10.1 Å². The minimum absolute atomic E-state index is 0.0183. The molecule has 0 spiro atoms. The molecule has 0 aliphatic rings. The Bertz CT molecular complexity index is 1060. The smallest absolute Gasteiger partial charge is 0.313 e. The maximum atomic E-state index is 14.6. The van der Waals surface area contributed by atoms with E-state index in [-0.39, 0.29) is 33.5 Å². The number of methoxy groups -OCH3 is 1. The van der Waals surface area contributed by atoms with Crippen molar-refractivity contribution >= 4 is 28.9 Å². The highest BCUT2D eigenvalue weighted by molar-refractivity contribution is 6.30. The Kier molecular flexibility index (Phi) is 5.14. The summed E-state index contributed by atoms with van der Waals surface area (Å²) in [5.74, 6) is -1.74. The third-order valence-corrected chi connectivity index (χ3v) is 4.20. The number of hydrogen-bond acceptors (Lipinski definition) is 6. The number of nitrogens with one attached hydrogen (secondary N) is 1. The van der Waals surface area contributed by atoms with E-state index in [0.29, 0.717) is 5.69 Å². The molecule has 2 aromatic heterocycles. The zero-order valence-electron chi connectivity index (χ0n) is 15.0. The quantitative estimate of drug-likeness (QED) is 0.496. The second-order valence-corrected chi connectivity index (χ2v) is 6.24. The number of rotatable bonds is 5. The van der Waals surface area contributed by atoms with Crippen LogP contribution in [-0.2, 0) is 7.05 Å². The molecule has 1 aromatic carbocycles. The molecular formula is C17H14ClF2N5O3. The molecule has 0 atom stereocenters. The summed E-state index contributed by atoms with van der Waals surface area (Å²) in [5.41, 5.74) is -0.325. The highest BCUT2D eigenvalue weighted by Crippen LogP contribution is 2.39. The van der Waals surface area contributed by atoms with Crippen molar-refractivity contribution in [3.63, 3.8) is 0 Å². The van der Waals surface area contributed by atoms with Gasteiger partial charge in [-0.15, -0.1) is 0 Å². The van der Waals surface area contributed by atoms with Gasteiger partial charge >= 0.3 is 5.69 Å². The number of pyridine rings is 1. The largest absolute Gasteiger partial charge is 0.497 e. The zero-order chi connectivity index (χ0) is 20.6. The second kappa shape index (κ2) is 7.39. The van der Waals surface area contributed by atoms with Gasteiger partial charge in [-0.3, -0.25) is 14.8 Å². The first-order chi connectivity index (χ1) is 13.2. The molecule has 28 heavy (non-hydrogen) atoms. The minimum Gasteiger partial charge on any atom is -0.497 e. The van der Waals surface area contributed by atoms with Gasteiger partial charge in [-0.1, -0.05) is 11.6 Å². The van der Waals surface area contributed by atoms with Crippen molar-refractivity contribution in [2.75, 3.05) is 12.4 Å². The van der Waals surface area contributed by atoms with Crippen LogP contribution in [0, 0.1) is 28.7 Å². The van der Waals surface area contributed by atoms with Crippen molar-refractivity contribution in [2.45, 2.75) is 6.92 Å². The molecular weight excluding hydrogens is 396 g/mol. The predicted molar refractivity (Wildman–Crippen MR) is 99.0 cm³/mol. The topological polar surface area (TPSA) is 95.1 Å². The number of ether oxygens (including phenoxy) is 1. The highest BCUT2D eigenvalue weighted by Gasteiger charge is 2.25. The van der Waals surface area contributed by atoms with Crippen molar-refractivity contribution in [3.8, 4) is 16.9 Å². The minimum atomic E-state index is -0.866. The Hall–Kier alpha value is -3.27. The molecule has 0 saturated carbocycles. The second-order valence-electron chi connectivity index (χ2n) is 5.80. The van der Waals surface area contributed by atoms with E-state index >= 15 is 0 Å². The van der Waals surface area contributed by atoms with Gasteiger partial charge in [0.15, 0.2) is 0 Å². The van der Waals surface area contributed by atoms with Gasteiger partial charge in [-0.2, -0.15) is 5.10 Å². The molecule has 11 heteroatoms. The normalized spacial score (nSPS) is 10.8. The monoisotopic (exact) mass is 409 g/mol. The van der Waals surface area contributed by atoms with Gasteiger partial charge in [0.05, 0.1) is 33.9 Å². The lowest BCUT2D eigenvalue weighted by Crippen LogP contribution is -2.05. The molecule has 1 N–H and O–H groups in total. The Morgan fingerprint density at radius 3 is 2.46 bits per heavy atom. The molecule has 0 saturated heterocycles. The fourth-order valence-electron chi connectivity index (χ4n) is 2.78. The molecule has 0 aliphatic heterocycles. The maximum absolute atomic E-state index is 14.6. The van der Waals surface area contributed by atoms with Crippen LogP contribution in [0.1, 0.15) is 5.69 Å². The van der Waals surface area contributed by atoms with E-state index in [0.717, 1.165) is 18.2 Å². The standard InChI is InChI=1S/C17H14ClF2N5O3/c1-8-14(15-11(19)5-10(28-3)6-12(15)20)17(24(2)23-8)22-16-13(25(26)27)4-9(18)7-21-16/h4-7H,1-3H3,(H,21,22). The lowest BCUT2D eigenvalue weighted by Gasteiger charge is -2.12. The summed E-state index contributed by atoms with van der Waals surface area (Å²) < 4.78 is 35.4. The number of aromatic nitrogens is 3. The van der Waals surface area contributed by atoms with E-state index < -0.39 is 22.2 Å². The van der Waals surface area contributed by atoms with Crippen molar-refractivity contribution in [1.82, 2.24) is 14.8 Å². The number of anilines is 2. The van der Waals surface area contributed by atoms with E-state index in [1.165, 1.54) is 25.0 Å². The molecule has 0 radical (unpaired) electrons. The summed E-state index contributed by atoms with van der Waals surface area (Å²) in [6.07, 6.45) is 1.22. The van der Waals surface area contributed by atoms with Gasteiger partial charge in [0.1, 0.15) is 23.2 Å². The van der Waals surface area contributed by atoms with E-state index in [1.54, 1.807) is 6.92 Å². The number of aryl methyl sites for hydroxylation is 2. The number of nitro groups is 1. The average Bonchev–Trinajstić information content (AvgIpc) is 2.89. The van der Waals surface area contributed by atoms with Crippen LogP contribution in [0.25, 0.3) is 11.1 Å². The summed E-state index contributed by atoms with van der Waals surface area (Å²) in [6.45, 7) is 1.56. The van der Waals surface area contributed by atoms with E-state index in [1.807, 2.05) is 0 Å². The number of halogens is 3. The summed E-state index contributed by atoms with van der Waals surface area (Å²) in [4.78, 5) is 14.5. The average molecular weight is 410 g/mol. The van der Waals surface area contributed by atoms with Crippen molar-refractivity contribution in [3.05, 3.63) is 56.9 Å². The molecule has 0 unspecified atom stereocenters. The van der Waals surface area contributed by atoms with Gasteiger partial charge in [-0.05, 0) is 6.92 Å². The van der Waals surface area contributed by atoms with Gasteiger partial charge < -0.3 is 10.1 Å².